The van der Waals surface area contributed by atoms with Crippen molar-refractivity contribution in [3.8, 4) is 5.82 Å². The van der Waals surface area contributed by atoms with Gasteiger partial charge in [0.15, 0.2) is 5.82 Å². The van der Waals surface area contributed by atoms with Crippen molar-refractivity contribution < 1.29 is 23.1 Å². The summed E-state index contributed by atoms with van der Waals surface area (Å²) >= 11 is 0. The molecule has 0 saturated carbocycles. The number of hydrogen-bond donors (Lipinski definition) is 5. The van der Waals surface area contributed by atoms with Gasteiger partial charge in [0.1, 0.15) is 29.5 Å². The molecule has 0 atom stereocenters. The number of benzene rings is 1. The molecule has 0 saturated heterocycles. The zero-order valence-corrected chi connectivity index (χ0v) is 21.3. The number of anilines is 5. The van der Waals surface area contributed by atoms with E-state index >= 15 is 0 Å². The second kappa shape index (κ2) is 11.3. The number of aromatic nitrogens is 5. The third-order valence-electron chi connectivity index (χ3n) is 5.51. The third kappa shape index (κ3) is 6.59. The average Bonchev–Trinajstić information content (AvgIpc) is 3.28. The fourth-order valence-electron chi connectivity index (χ4n) is 3.62. The molecule has 14 heteroatoms. The van der Waals surface area contributed by atoms with Gasteiger partial charge in [0.05, 0.1) is 12.3 Å². The summed E-state index contributed by atoms with van der Waals surface area (Å²) in [6, 6.07) is 10.5. The summed E-state index contributed by atoms with van der Waals surface area (Å²) in [4.78, 5) is 24.8. The lowest BCUT2D eigenvalue weighted by Crippen LogP contribution is -2.17. The number of carbonyl (C=O) groups is 1. The maximum atomic E-state index is 13.4. The van der Waals surface area contributed by atoms with Gasteiger partial charge in [0.25, 0.3) is 5.91 Å². The predicted octanol–water partition coefficient (Wildman–Crippen LogP) is 4.13. The van der Waals surface area contributed by atoms with Crippen molar-refractivity contribution >= 4 is 34.7 Å². The van der Waals surface area contributed by atoms with Crippen LogP contribution in [0.25, 0.3) is 5.82 Å². The van der Waals surface area contributed by atoms with Crippen molar-refractivity contribution in [2.45, 2.75) is 20.0 Å². The van der Waals surface area contributed by atoms with Gasteiger partial charge in [-0.05, 0) is 43.7 Å². The fraction of sp³-hybridized carbons (Fsp3) is 0.240. The van der Waals surface area contributed by atoms with Gasteiger partial charge in [-0.15, -0.1) is 0 Å². The molecule has 0 fully saturated rings. The van der Waals surface area contributed by atoms with Crippen LogP contribution in [0.4, 0.5) is 42.0 Å². The maximum absolute atomic E-state index is 13.4. The van der Waals surface area contributed by atoms with Crippen LogP contribution in [-0.4, -0.2) is 55.9 Å². The second-order valence-corrected chi connectivity index (χ2v) is 8.48. The Morgan fingerprint density at radius 3 is 2.56 bits per heavy atom. The van der Waals surface area contributed by atoms with Crippen molar-refractivity contribution in [2.24, 2.45) is 0 Å². The minimum atomic E-state index is -4.76. The fourth-order valence-corrected chi connectivity index (χ4v) is 3.62. The summed E-state index contributed by atoms with van der Waals surface area (Å²) in [5, 5.41) is 24.9. The number of hydrogen-bond acceptors (Lipinski definition) is 9. The van der Waals surface area contributed by atoms with Gasteiger partial charge in [-0.25, -0.2) is 15.0 Å². The normalized spacial score (nSPS) is 11.3. The molecule has 39 heavy (non-hydrogen) atoms. The molecule has 3 heterocycles. The van der Waals surface area contributed by atoms with Crippen LogP contribution < -0.4 is 21.3 Å². The molecule has 0 bridgehead atoms. The number of alkyl halides is 3. The van der Waals surface area contributed by atoms with Gasteiger partial charge in [-0.3, -0.25) is 4.79 Å². The summed E-state index contributed by atoms with van der Waals surface area (Å²) < 4.78 is 41.7. The molecular formula is C25H26F3N9O2. The molecule has 1 amide bonds. The van der Waals surface area contributed by atoms with E-state index in [9.17, 15) is 18.0 Å². The Balaban J connectivity index is 1.60. The van der Waals surface area contributed by atoms with Crippen molar-refractivity contribution in [2.75, 3.05) is 41.5 Å². The summed E-state index contributed by atoms with van der Waals surface area (Å²) in [5.41, 5.74) is 1.09. The van der Waals surface area contributed by atoms with Gasteiger partial charge in [-0.1, -0.05) is 6.07 Å². The molecule has 0 unspecified atom stereocenters. The molecule has 3 aromatic heterocycles. The average molecular weight is 542 g/mol. The number of nitrogens with one attached hydrogen (secondary N) is 4. The number of rotatable bonds is 9. The zero-order chi connectivity index (χ0) is 28.2. The lowest BCUT2D eigenvalue weighted by atomic mass is 10.1. The van der Waals surface area contributed by atoms with E-state index in [0.717, 1.165) is 11.3 Å². The van der Waals surface area contributed by atoms with Gasteiger partial charge in [0.2, 0.25) is 0 Å². The number of aliphatic hydroxyl groups excluding tert-OH is 1. The van der Waals surface area contributed by atoms with E-state index in [-0.39, 0.29) is 24.5 Å². The molecule has 11 nitrogen and oxygen atoms in total. The Morgan fingerprint density at radius 1 is 1.05 bits per heavy atom. The zero-order valence-electron chi connectivity index (χ0n) is 21.3. The second-order valence-electron chi connectivity index (χ2n) is 8.48. The van der Waals surface area contributed by atoms with Gasteiger partial charge in [0, 0.05) is 42.7 Å². The van der Waals surface area contributed by atoms with E-state index in [1.54, 1.807) is 36.0 Å². The molecule has 0 aliphatic heterocycles. The van der Waals surface area contributed by atoms with Crippen LogP contribution in [0, 0.1) is 13.8 Å². The summed E-state index contributed by atoms with van der Waals surface area (Å²) in [5.74, 6) is 0.801. The number of carbonyl (C=O) groups excluding carboxylic acids is 1. The quantitative estimate of drug-likeness (QED) is 0.211. The van der Waals surface area contributed by atoms with Crippen LogP contribution in [0.2, 0.25) is 0 Å². The number of halogens is 3. The van der Waals surface area contributed by atoms with E-state index in [1.165, 1.54) is 12.4 Å². The van der Waals surface area contributed by atoms with E-state index in [4.69, 9.17) is 5.11 Å². The molecule has 204 valence electrons. The highest BCUT2D eigenvalue weighted by Gasteiger charge is 2.34. The van der Waals surface area contributed by atoms with Crippen molar-refractivity contribution in [3.05, 3.63) is 71.3 Å². The smallest absolute Gasteiger partial charge is 0.395 e. The van der Waals surface area contributed by atoms with Crippen LogP contribution in [0.15, 0.2) is 48.8 Å². The van der Waals surface area contributed by atoms with Crippen LogP contribution in [0.1, 0.15) is 27.3 Å². The van der Waals surface area contributed by atoms with Crippen molar-refractivity contribution in [3.63, 3.8) is 0 Å². The summed E-state index contributed by atoms with van der Waals surface area (Å²) in [7, 11) is 1.74. The summed E-state index contributed by atoms with van der Waals surface area (Å²) in [6.45, 7) is 3.36. The van der Waals surface area contributed by atoms with Crippen LogP contribution >= 0.6 is 0 Å². The summed E-state index contributed by atoms with van der Waals surface area (Å²) in [6.07, 6.45) is -3.34. The minimum Gasteiger partial charge on any atom is -0.395 e. The maximum Gasteiger partial charge on any atom is 0.433 e. The number of nitrogens with zero attached hydrogens (tertiary/aromatic N) is 5. The monoisotopic (exact) mass is 541 g/mol. The first kappa shape index (κ1) is 27.3. The Kier molecular flexibility index (Phi) is 7.95. The molecule has 0 spiro atoms. The van der Waals surface area contributed by atoms with Gasteiger partial charge < -0.3 is 26.4 Å². The van der Waals surface area contributed by atoms with Gasteiger partial charge >= 0.3 is 6.18 Å². The van der Waals surface area contributed by atoms with E-state index in [0.29, 0.717) is 34.9 Å². The third-order valence-corrected chi connectivity index (χ3v) is 5.51. The number of aliphatic hydroxyl groups is 1. The first-order chi connectivity index (χ1) is 18.6. The standard InChI is InChI=1S/C25H26F3N9O2/c1-14-4-5-17(33-24(39)16-9-19(25(26,27)28)35-21(10-16)30-6-7-38)11-18(14)34-23-8-15(2)36-37(23)22-12-20(29-3)31-13-32-22/h4-5,8-13,34,38H,6-7H2,1-3H3,(H,30,35)(H,33,39)(H,29,31,32). The molecular weight excluding hydrogens is 515 g/mol. The van der Waals surface area contributed by atoms with Crippen LogP contribution in [-0.2, 0) is 6.18 Å². The number of aryl methyl sites for hydroxylation is 2. The van der Waals surface area contributed by atoms with Crippen molar-refractivity contribution in [1.82, 2.24) is 24.7 Å². The Labute approximate surface area is 221 Å². The highest BCUT2D eigenvalue weighted by atomic mass is 19.4. The van der Waals surface area contributed by atoms with Gasteiger partial charge in [-0.2, -0.15) is 23.0 Å². The number of amides is 1. The lowest BCUT2D eigenvalue weighted by Gasteiger charge is -2.15. The van der Waals surface area contributed by atoms with E-state index in [1.807, 2.05) is 19.9 Å². The molecule has 5 N–H and O–H groups in total. The highest BCUT2D eigenvalue weighted by molar-refractivity contribution is 6.05. The van der Waals surface area contributed by atoms with E-state index < -0.39 is 17.8 Å². The lowest BCUT2D eigenvalue weighted by molar-refractivity contribution is -0.141. The topological polar surface area (TPSA) is 142 Å². The minimum absolute atomic E-state index is 0.0241. The Morgan fingerprint density at radius 2 is 1.85 bits per heavy atom. The highest BCUT2D eigenvalue weighted by Crippen LogP contribution is 2.30. The first-order valence-corrected chi connectivity index (χ1v) is 11.8. The van der Waals surface area contributed by atoms with Crippen LogP contribution in [0.3, 0.4) is 0 Å². The Hall–Kier alpha value is -4.72. The van der Waals surface area contributed by atoms with E-state index in [2.05, 4.69) is 41.3 Å². The molecule has 0 aliphatic carbocycles. The SMILES string of the molecule is CNc1cc(-n2nc(C)cc2Nc2cc(NC(=O)c3cc(NCCO)nc(C(F)(F)F)c3)ccc2C)ncn1. The molecule has 0 aliphatic rings. The van der Waals surface area contributed by atoms with Crippen molar-refractivity contribution in [1.29, 1.82) is 0 Å². The molecule has 4 rings (SSSR count). The largest absolute Gasteiger partial charge is 0.433 e. The predicted molar refractivity (Wildman–Crippen MR) is 141 cm³/mol. The van der Waals surface area contributed by atoms with Crippen LogP contribution in [0.5, 0.6) is 0 Å². The first-order valence-electron chi connectivity index (χ1n) is 11.8. The number of pyridine rings is 1. The Bertz CT molecular complexity index is 1490. The molecule has 4 aromatic rings. The molecule has 0 radical (unpaired) electrons. The molecule has 1 aromatic carbocycles.